The van der Waals surface area contributed by atoms with Crippen LogP contribution in [0, 0.1) is 11.6 Å². The number of benzene rings is 2. The van der Waals surface area contributed by atoms with Gasteiger partial charge in [-0.05, 0) is 35.4 Å². The van der Waals surface area contributed by atoms with Crippen molar-refractivity contribution in [3.8, 4) is 17.6 Å². The third kappa shape index (κ3) is 6.96. The average Bonchev–Trinajstić information content (AvgIpc) is 2.87. The number of halogens is 5. The van der Waals surface area contributed by atoms with Crippen molar-refractivity contribution in [2.45, 2.75) is 19.2 Å². The maximum Gasteiger partial charge on any atom is 0.414 e. The van der Waals surface area contributed by atoms with E-state index in [9.17, 15) is 22.0 Å². The lowest BCUT2D eigenvalue weighted by Crippen LogP contribution is -2.31. The summed E-state index contributed by atoms with van der Waals surface area (Å²) in [4.78, 5) is 8.96. The fourth-order valence-corrected chi connectivity index (χ4v) is 3.37. The standard InChI is InChI=1S/C26H22F5N3O3/c1-34-15-19(26(29,30)31)8-10-23(34)37-22-9-7-17(13-20(22)27)11-12-35-24-21(28)14-32-25(33-24)36-16-18-5-3-2-4-6-18/h2-10,13-14H,11-12,15-16H2,1H3. The Morgan fingerprint density at radius 3 is 2.43 bits per heavy atom. The van der Waals surface area contributed by atoms with Gasteiger partial charge in [-0.15, -0.1) is 0 Å². The second kappa shape index (κ2) is 11.3. The van der Waals surface area contributed by atoms with Crippen molar-refractivity contribution in [1.82, 2.24) is 14.9 Å². The first-order chi connectivity index (χ1) is 17.7. The molecule has 0 aliphatic carbocycles. The first kappa shape index (κ1) is 25.9. The molecule has 37 heavy (non-hydrogen) atoms. The highest BCUT2D eigenvalue weighted by molar-refractivity contribution is 5.33. The van der Waals surface area contributed by atoms with Crippen LogP contribution in [0.25, 0.3) is 0 Å². The molecule has 0 spiro atoms. The Balaban J connectivity index is 1.32. The lowest BCUT2D eigenvalue weighted by atomic mass is 10.1. The van der Waals surface area contributed by atoms with Gasteiger partial charge in [-0.2, -0.15) is 22.5 Å². The molecule has 1 aliphatic heterocycles. The van der Waals surface area contributed by atoms with Gasteiger partial charge in [0.1, 0.15) is 6.61 Å². The van der Waals surface area contributed by atoms with E-state index in [0.29, 0.717) is 5.56 Å². The lowest BCUT2D eigenvalue weighted by Gasteiger charge is -2.27. The smallest absolute Gasteiger partial charge is 0.414 e. The summed E-state index contributed by atoms with van der Waals surface area (Å²) < 4.78 is 83.6. The minimum atomic E-state index is -4.45. The van der Waals surface area contributed by atoms with E-state index in [1.165, 1.54) is 24.1 Å². The molecule has 0 bridgehead atoms. The minimum absolute atomic E-state index is 0.00932. The summed E-state index contributed by atoms with van der Waals surface area (Å²) in [6.07, 6.45) is -1.24. The molecule has 0 fully saturated rings. The van der Waals surface area contributed by atoms with Crippen molar-refractivity contribution in [1.29, 1.82) is 0 Å². The molecule has 0 unspecified atom stereocenters. The Hall–Kier alpha value is -4.15. The first-order valence-corrected chi connectivity index (χ1v) is 11.2. The maximum absolute atomic E-state index is 14.6. The number of allylic oxidation sites excluding steroid dienone is 2. The van der Waals surface area contributed by atoms with E-state index in [0.717, 1.165) is 23.9 Å². The van der Waals surface area contributed by atoms with E-state index in [2.05, 4.69) is 9.97 Å². The summed E-state index contributed by atoms with van der Waals surface area (Å²) in [5.41, 5.74) is 0.694. The van der Waals surface area contributed by atoms with Crippen LogP contribution in [0.15, 0.2) is 78.3 Å². The second-order valence-corrected chi connectivity index (χ2v) is 8.10. The first-order valence-electron chi connectivity index (χ1n) is 11.2. The summed E-state index contributed by atoms with van der Waals surface area (Å²) in [6, 6.07) is 13.4. The molecule has 1 aromatic heterocycles. The third-order valence-corrected chi connectivity index (χ3v) is 5.32. The quantitative estimate of drug-likeness (QED) is 0.343. The van der Waals surface area contributed by atoms with E-state index >= 15 is 0 Å². The highest BCUT2D eigenvalue weighted by Crippen LogP contribution is 2.30. The Bertz CT molecular complexity index is 1300. The normalized spacial score (nSPS) is 13.6. The van der Waals surface area contributed by atoms with E-state index in [4.69, 9.17) is 14.2 Å². The zero-order valence-electron chi connectivity index (χ0n) is 19.6. The summed E-state index contributed by atoms with van der Waals surface area (Å²) >= 11 is 0. The van der Waals surface area contributed by atoms with Crippen LogP contribution < -0.4 is 14.2 Å². The van der Waals surface area contributed by atoms with Crippen LogP contribution in [-0.2, 0) is 13.0 Å². The van der Waals surface area contributed by atoms with Gasteiger partial charge in [0.05, 0.1) is 24.9 Å². The monoisotopic (exact) mass is 519 g/mol. The fraction of sp³-hybridized carbons (Fsp3) is 0.231. The molecule has 3 aromatic rings. The van der Waals surface area contributed by atoms with Crippen molar-refractivity contribution in [2.75, 3.05) is 20.2 Å². The Morgan fingerprint density at radius 2 is 1.73 bits per heavy atom. The van der Waals surface area contributed by atoms with Crippen molar-refractivity contribution < 1.29 is 36.2 Å². The molecule has 2 heterocycles. The lowest BCUT2D eigenvalue weighted by molar-refractivity contribution is -0.0957. The van der Waals surface area contributed by atoms with Crippen LogP contribution in [0.2, 0.25) is 0 Å². The van der Waals surface area contributed by atoms with Crippen molar-refractivity contribution in [3.05, 3.63) is 101 Å². The van der Waals surface area contributed by atoms with Crippen LogP contribution in [0.1, 0.15) is 11.1 Å². The van der Waals surface area contributed by atoms with Crippen molar-refractivity contribution in [2.24, 2.45) is 0 Å². The molecular formula is C26H22F5N3O3. The summed E-state index contributed by atoms with van der Waals surface area (Å²) in [7, 11) is 1.42. The van der Waals surface area contributed by atoms with E-state index in [1.807, 2.05) is 30.3 Å². The van der Waals surface area contributed by atoms with Crippen LogP contribution in [0.3, 0.4) is 0 Å². The molecule has 0 saturated heterocycles. The molecule has 6 nitrogen and oxygen atoms in total. The van der Waals surface area contributed by atoms with Gasteiger partial charge in [0.15, 0.2) is 17.4 Å². The highest BCUT2D eigenvalue weighted by Gasteiger charge is 2.35. The highest BCUT2D eigenvalue weighted by atomic mass is 19.4. The Kier molecular flexibility index (Phi) is 7.90. The number of hydrogen-bond donors (Lipinski definition) is 0. The molecule has 11 heteroatoms. The van der Waals surface area contributed by atoms with Gasteiger partial charge >= 0.3 is 12.2 Å². The average molecular weight is 519 g/mol. The molecule has 1 aliphatic rings. The topological polar surface area (TPSA) is 56.7 Å². The molecule has 4 rings (SSSR count). The third-order valence-electron chi connectivity index (χ3n) is 5.32. The molecule has 0 atom stereocenters. The predicted molar refractivity (Wildman–Crippen MR) is 124 cm³/mol. The molecular weight excluding hydrogens is 497 g/mol. The number of ether oxygens (including phenoxy) is 3. The molecule has 0 saturated carbocycles. The number of nitrogens with zero attached hydrogens (tertiary/aromatic N) is 3. The van der Waals surface area contributed by atoms with Crippen LogP contribution >= 0.6 is 0 Å². The molecule has 194 valence electrons. The Morgan fingerprint density at radius 1 is 0.946 bits per heavy atom. The summed E-state index contributed by atoms with van der Waals surface area (Å²) in [5, 5.41) is 0. The predicted octanol–water partition coefficient (Wildman–Crippen LogP) is 5.61. The largest absolute Gasteiger partial charge is 0.475 e. The number of rotatable bonds is 9. The van der Waals surface area contributed by atoms with E-state index in [1.54, 1.807) is 6.07 Å². The van der Waals surface area contributed by atoms with E-state index in [-0.39, 0.29) is 43.2 Å². The van der Waals surface area contributed by atoms with E-state index < -0.39 is 29.9 Å². The van der Waals surface area contributed by atoms with Crippen LogP contribution in [0.4, 0.5) is 22.0 Å². The minimum Gasteiger partial charge on any atom is -0.475 e. The number of hydrogen-bond acceptors (Lipinski definition) is 6. The maximum atomic E-state index is 14.6. The van der Waals surface area contributed by atoms with Crippen LogP contribution in [0.5, 0.6) is 17.6 Å². The van der Waals surface area contributed by atoms with Gasteiger partial charge in [-0.1, -0.05) is 36.4 Å². The van der Waals surface area contributed by atoms with Gasteiger partial charge in [-0.3, -0.25) is 0 Å². The van der Waals surface area contributed by atoms with Crippen molar-refractivity contribution in [3.63, 3.8) is 0 Å². The fourth-order valence-electron chi connectivity index (χ4n) is 3.37. The molecule has 0 N–H and O–H groups in total. The molecule has 0 amide bonds. The van der Waals surface area contributed by atoms with Crippen molar-refractivity contribution >= 4 is 0 Å². The van der Waals surface area contributed by atoms with Gasteiger partial charge in [0, 0.05) is 13.5 Å². The van der Waals surface area contributed by atoms with Gasteiger partial charge in [0.2, 0.25) is 5.82 Å². The second-order valence-electron chi connectivity index (χ2n) is 8.10. The zero-order chi connectivity index (χ0) is 26.4. The van der Waals surface area contributed by atoms with Gasteiger partial charge in [-0.25, -0.2) is 9.37 Å². The SMILES string of the molecule is CN1CC(C(F)(F)F)=CC=C1Oc1ccc(CCOc2nc(OCc3ccccc3)ncc2F)cc1F. The number of aromatic nitrogens is 2. The van der Waals surface area contributed by atoms with Crippen LogP contribution in [-0.4, -0.2) is 41.2 Å². The zero-order valence-corrected chi connectivity index (χ0v) is 19.6. The number of alkyl halides is 3. The van der Waals surface area contributed by atoms with Gasteiger partial charge in [0.25, 0.3) is 5.88 Å². The molecule has 2 aromatic carbocycles. The Labute approximate surface area is 209 Å². The number of likely N-dealkylation sites (N-methyl/N-ethyl adjacent to an activating group) is 1. The molecule has 0 radical (unpaired) electrons. The summed E-state index contributed by atoms with van der Waals surface area (Å²) in [5.74, 6) is -1.84. The summed E-state index contributed by atoms with van der Waals surface area (Å²) in [6.45, 7) is -0.221. The van der Waals surface area contributed by atoms with Gasteiger partial charge < -0.3 is 19.1 Å².